The number of aliphatic hydroxyl groups is 1. The summed E-state index contributed by atoms with van der Waals surface area (Å²) in [6.45, 7) is 2.31. The van der Waals surface area contributed by atoms with Gasteiger partial charge in [-0.05, 0) is 37.5 Å². The van der Waals surface area contributed by atoms with Gasteiger partial charge in [0.2, 0.25) is 5.91 Å². The Kier molecular flexibility index (Phi) is 4.66. The molecule has 2 fully saturated rings. The fourth-order valence-corrected chi connectivity index (χ4v) is 3.78. The van der Waals surface area contributed by atoms with Crippen molar-refractivity contribution in [2.24, 2.45) is 11.8 Å². The van der Waals surface area contributed by atoms with E-state index in [0.717, 1.165) is 19.3 Å². The maximum Gasteiger partial charge on any atom is 0.220 e. The molecule has 0 aliphatic heterocycles. The van der Waals surface area contributed by atoms with E-state index in [0.29, 0.717) is 18.3 Å². The third kappa shape index (κ3) is 3.47. The van der Waals surface area contributed by atoms with Crippen LogP contribution >= 0.6 is 0 Å². The van der Waals surface area contributed by atoms with E-state index in [-0.39, 0.29) is 18.1 Å². The molecule has 0 saturated heterocycles. The largest absolute Gasteiger partial charge is 0.394 e. The number of amides is 1. The van der Waals surface area contributed by atoms with Crippen LogP contribution in [0.25, 0.3) is 0 Å². The molecule has 18 heavy (non-hydrogen) atoms. The van der Waals surface area contributed by atoms with Crippen molar-refractivity contribution in [1.82, 2.24) is 5.32 Å². The highest BCUT2D eigenvalue weighted by molar-refractivity contribution is 5.77. The lowest BCUT2D eigenvalue weighted by atomic mass is 9.76. The zero-order valence-corrected chi connectivity index (χ0v) is 11.6. The summed E-state index contributed by atoms with van der Waals surface area (Å²) in [4.78, 5) is 12.1. The fraction of sp³-hybridized carbons (Fsp3) is 0.933. The number of carbonyl (C=O) groups is 1. The van der Waals surface area contributed by atoms with E-state index >= 15 is 0 Å². The van der Waals surface area contributed by atoms with Crippen molar-refractivity contribution >= 4 is 5.91 Å². The molecule has 2 saturated carbocycles. The minimum Gasteiger partial charge on any atom is -0.394 e. The highest BCUT2D eigenvalue weighted by Gasteiger charge is 2.36. The van der Waals surface area contributed by atoms with Gasteiger partial charge in [-0.1, -0.05) is 32.6 Å². The van der Waals surface area contributed by atoms with E-state index in [1.54, 1.807) is 0 Å². The first kappa shape index (κ1) is 13.9. The Hall–Kier alpha value is -0.570. The average molecular weight is 253 g/mol. The minimum atomic E-state index is -0.326. The van der Waals surface area contributed by atoms with E-state index < -0.39 is 0 Å². The highest BCUT2D eigenvalue weighted by Crippen LogP contribution is 2.33. The molecule has 2 N–H and O–H groups in total. The molecule has 0 radical (unpaired) electrons. The van der Waals surface area contributed by atoms with Crippen LogP contribution in [-0.2, 0) is 4.79 Å². The summed E-state index contributed by atoms with van der Waals surface area (Å²) in [6.07, 6.45) is 9.83. The average Bonchev–Trinajstić information content (AvgIpc) is 2.81. The molecule has 3 nitrogen and oxygen atoms in total. The molecule has 2 aliphatic rings. The van der Waals surface area contributed by atoms with Crippen molar-refractivity contribution in [3.8, 4) is 0 Å². The van der Waals surface area contributed by atoms with Gasteiger partial charge in [0.05, 0.1) is 12.1 Å². The van der Waals surface area contributed by atoms with E-state index in [1.165, 1.54) is 32.1 Å². The zero-order valence-electron chi connectivity index (χ0n) is 11.6. The lowest BCUT2D eigenvalue weighted by Gasteiger charge is -2.39. The predicted octanol–water partition coefficient (Wildman–Crippen LogP) is 2.62. The topological polar surface area (TPSA) is 49.3 Å². The van der Waals surface area contributed by atoms with Crippen LogP contribution in [-0.4, -0.2) is 23.2 Å². The minimum absolute atomic E-state index is 0.0910. The van der Waals surface area contributed by atoms with Crippen LogP contribution < -0.4 is 5.32 Å². The van der Waals surface area contributed by atoms with Crippen molar-refractivity contribution in [1.29, 1.82) is 0 Å². The molecular formula is C15H27NO2. The molecule has 2 atom stereocenters. The standard InChI is InChI=1S/C15H27NO2/c1-12-5-4-8-15(10-12,11-17)16-14(18)9-13-6-2-3-7-13/h12-13,17H,2-11H2,1H3,(H,16,18). The van der Waals surface area contributed by atoms with Crippen molar-refractivity contribution in [3.63, 3.8) is 0 Å². The Bertz CT molecular complexity index is 286. The Morgan fingerprint density at radius 1 is 1.28 bits per heavy atom. The molecule has 0 heterocycles. The van der Waals surface area contributed by atoms with Crippen LogP contribution in [0, 0.1) is 11.8 Å². The fourth-order valence-electron chi connectivity index (χ4n) is 3.78. The quantitative estimate of drug-likeness (QED) is 0.809. The molecule has 0 aromatic heterocycles. The van der Waals surface area contributed by atoms with Crippen molar-refractivity contribution in [2.45, 2.75) is 70.3 Å². The molecule has 2 unspecified atom stereocenters. The van der Waals surface area contributed by atoms with Gasteiger partial charge in [-0.15, -0.1) is 0 Å². The van der Waals surface area contributed by atoms with Crippen LogP contribution in [0.3, 0.4) is 0 Å². The van der Waals surface area contributed by atoms with Gasteiger partial charge in [0, 0.05) is 6.42 Å². The monoisotopic (exact) mass is 253 g/mol. The van der Waals surface area contributed by atoms with Crippen LogP contribution in [0.4, 0.5) is 0 Å². The molecule has 1 amide bonds. The van der Waals surface area contributed by atoms with E-state index in [2.05, 4.69) is 12.2 Å². The van der Waals surface area contributed by atoms with Gasteiger partial charge in [-0.25, -0.2) is 0 Å². The first-order valence-electron chi connectivity index (χ1n) is 7.55. The number of hydrogen-bond donors (Lipinski definition) is 2. The summed E-state index contributed by atoms with van der Waals surface area (Å²) in [7, 11) is 0. The Morgan fingerprint density at radius 2 is 2.00 bits per heavy atom. The van der Waals surface area contributed by atoms with Crippen LogP contribution in [0.15, 0.2) is 0 Å². The summed E-state index contributed by atoms with van der Waals surface area (Å²) < 4.78 is 0. The summed E-state index contributed by atoms with van der Waals surface area (Å²) in [6, 6.07) is 0. The first-order chi connectivity index (χ1) is 8.63. The number of carbonyl (C=O) groups excluding carboxylic acids is 1. The summed E-state index contributed by atoms with van der Waals surface area (Å²) >= 11 is 0. The SMILES string of the molecule is CC1CCCC(CO)(NC(=O)CC2CCCC2)C1. The first-order valence-corrected chi connectivity index (χ1v) is 7.55. The molecule has 0 spiro atoms. The normalized spacial score (nSPS) is 33.6. The molecule has 2 rings (SSSR count). The predicted molar refractivity (Wildman–Crippen MR) is 72.2 cm³/mol. The maximum atomic E-state index is 12.1. The molecule has 0 aromatic carbocycles. The molecule has 3 heteroatoms. The molecule has 2 aliphatic carbocycles. The van der Waals surface area contributed by atoms with Gasteiger partial charge in [0.25, 0.3) is 0 Å². The number of rotatable bonds is 4. The number of nitrogens with one attached hydrogen (secondary N) is 1. The molecule has 0 aromatic rings. The van der Waals surface area contributed by atoms with Crippen molar-refractivity contribution < 1.29 is 9.90 Å². The van der Waals surface area contributed by atoms with Crippen LogP contribution in [0.5, 0.6) is 0 Å². The summed E-state index contributed by atoms with van der Waals surface area (Å²) in [5, 5.41) is 12.8. The zero-order chi connectivity index (χ0) is 13.0. The lowest BCUT2D eigenvalue weighted by molar-refractivity contribution is -0.125. The Morgan fingerprint density at radius 3 is 2.61 bits per heavy atom. The van der Waals surface area contributed by atoms with Gasteiger partial charge in [-0.3, -0.25) is 4.79 Å². The van der Waals surface area contributed by atoms with Crippen molar-refractivity contribution in [3.05, 3.63) is 0 Å². The van der Waals surface area contributed by atoms with Crippen molar-refractivity contribution in [2.75, 3.05) is 6.61 Å². The molecule has 104 valence electrons. The molecular weight excluding hydrogens is 226 g/mol. The third-order valence-electron chi connectivity index (χ3n) is 4.75. The van der Waals surface area contributed by atoms with E-state index in [4.69, 9.17) is 0 Å². The summed E-state index contributed by atoms with van der Waals surface area (Å²) in [5.74, 6) is 1.35. The molecule has 0 bridgehead atoms. The van der Waals surface area contributed by atoms with Gasteiger partial charge >= 0.3 is 0 Å². The maximum absolute atomic E-state index is 12.1. The smallest absolute Gasteiger partial charge is 0.220 e. The Labute approximate surface area is 110 Å². The van der Waals surface area contributed by atoms with E-state index in [1.807, 2.05) is 0 Å². The van der Waals surface area contributed by atoms with E-state index in [9.17, 15) is 9.90 Å². The van der Waals surface area contributed by atoms with Gasteiger partial charge in [-0.2, -0.15) is 0 Å². The second-order valence-corrected chi connectivity index (χ2v) is 6.54. The summed E-state index contributed by atoms with van der Waals surface area (Å²) in [5.41, 5.74) is -0.326. The van der Waals surface area contributed by atoms with Gasteiger partial charge < -0.3 is 10.4 Å². The van der Waals surface area contributed by atoms with Crippen LogP contribution in [0.1, 0.15) is 64.7 Å². The Balaban J connectivity index is 1.86. The van der Waals surface area contributed by atoms with Gasteiger partial charge in [0.15, 0.2) is 0 Å². The third-order valence-corrected chi connectivity index (χ3v) is 4.75. The second kappa shape index (κ2) is 6.05. The second-order valence-electron chi connectivity index (χ2n) is 6.54. The van der Waals surface area contributed by atoms with Crippen LogP contribution in [0.2, 0.25) is 0 Å². The number of aliphatic hydroxyl groups excluding tert-OH is 1. The number of hydrogen-bond acceptors (Lipinski definition) is 2. The van der Waals surface area contributed by atoms with Gasteiger partial charge in [0.1, 0.15) is 0 Å². The lowest BCUT2D eigenvalue weighted by Crippen LogP contribution is -2.54. The highest BCUT2D eigenvalue weighted by atomic mass is 16.3.